The van der Waals surface area contributed by atoms with Gasteiger partial charge in [0.05, 0.1) is 0 Å². The minimum absolute atomic E-state index is 0.650. The number of likely N-dealkylation sites (tertiary alicyclic amines) is 1. The first-order chi connectivity index (χ1) is 8.20. The summed E-state index contributed by atoms with van der Waals surface area (Å²) in [6.07, 6.45) is 1.35. The molecule has 1 aromatic carbocycles. The van der Waals surface area contributed by atoms with Gasteiger partial charge in [-0.1, -0.05) is 38.1 Å². The lowest BCUT2D eigenvalue weighted by atomic mass is 9.95. The molecular weight excluding hydrogens is 208 g/mol. The van der Waals surface area contributed by atoms with Gasteiger partial charge in [0.25, 0.3) is 0 Å². The summed E-state index contributed by atoms with van der Waals surface area (Å²) in [4.78, 5) is 2.57. The van der Waals surface area contributed by atoms with Crippen molar-refractivity contribution in [2.45, 2.75) is 33.4 Å². The monoisotopic (exact) mass is 232 g/mol. The normalized spacial score (nSPS) is 21.3. The molecule has 1 aliphatic heterocycles. The molecule has 0 bridgehead atoms. The maximum atomic E-state index is 5.78. The largest absolute Gasteiger partial charge is 0.326 e. The quantitative estimate of drug-likeness (QED) is 0.864. The zero-order valence-corrected chi connectivity index (χ0v) is 11.0. The summed E-state index contributed by atoms with van der Waals surface area (Å²) in [6, 6.07) is 8.55. The van der Waals surface area contributed by atoms with Gasteiger partial charge < -0.3 is 5.73 Å². The van der Waals surface area contributed by atoms with Crippen LogP contribution in [0, 0.1) is 11.8 Å². The molecule has 1 aromatic rings. The first kappa shape index (κ1) is 12.6. The molecule has 1 heterocycles. The fourth-order valence-electron chi connectivity index (χ4n) is 2.70. The van der Waals surface area contributed by atoms with E-state index in [9.17, 15) is 0 Å². The summed E-state index contributed by atoms with van der Waals surface area (Å²) < 4.78 is 0. The molecule has 1 aliphatic rings. The van der Waals surface area contributed by atoms with Crippen molar-refractivity contribution in [3.8, 4) is 0 Å². The molecule has 0 aromatic heterocycles. The molecule has 1 unspecified atom stereocenters. The predicted octanol–water partition coefficient (Wildman–Crippen LogP) is 2.62. The molecule has 1 saturated heterocycles. The van der Waals surface area contributed by atoms with E-state index >= 15 is 0 Å². The van der Waals surface area contributed by atoms with Crippen molar-refractivity contribution in [1.82, 2.24) is 4.90 Å². The Morgan fingerprint density at radius 3 is 2.59 bits per heavy atom. The van der Waals surface area contributed by atoms with Crippen molar-refractivity contribution in [2.24, 2.45) is 17.6 Å². The van der Waals surface area contributed by atoms with Gasteiger partial charge in [0.1, 0.15) is 0 Å². The number of rotatable bonds is 4. The molecule has 0 amide bonds. The van der Waals surface area contributed by atoms with Crippen LogP contribution in [-0.2, 0) is 13.1 Å². The molecule has 1 atom stereocenters. The second kappa shape index (κ2) is 5.65. The highest BCUT2D eigenvalue weighted by atomic mass is 15.1. The topological polar surface area (TPSA) is 29.3 Å². The molecule has 2 nitrogen and oxygen atoms in total. The SMILES string of the molecule is CC(C)C1CCN(Cc2ccccc2CN)C1. The van der Waals surface area contributed by atoms with E-state index in [0.29, 0.717) is 6.54 Å². The smallest absolute Gasteiger partial charge is 0.0237 e. The molecular formula is C15H24N2. The Hall–Kier alpha value is -0.860. The average molecular weight is 232 g/mol. The second-order valence-corrected chi connectivity index (χ2v) is 5.50. The first-order valence-corrected chi connectivity index (χ1v) is 6.70. The molecule has 17 heavy (non-hydrogen) atoms. The minimum atomic E-state index is 0.650. The number of hydrogen-bond donors (Lipinski definition) is 1. The number of benzene rings is 1. The maximum Gasteiger partial charge on any atom is 0.0237 e. The van der Waals surface area contributed by atoms with Crippen LogP contribution in [0.2, 0.25) is 0 Å². The Morgan fingerprint density at radius 1 is 1.29 bits per heavy atom. The van der Waals surface area contributed by atoms with Crippen LogP contribution in [-0.4, -0.2) is 18.0 Å². The Morgan fingerprint density at radius 2 is 2.00 bits per heavy atom. The Kier molecular flexibility index (Phi) is 4.19. The number of hydrogen-bond acceptors (Lipinski definition) is 2. The third-order valence-corrected chi connectivity index (χ3v) is 3.98. The van der Waals surface area contributed by atoms with Crippen molar-refractivity contribution in [1.29, 1.82) is 0 Å². The Bertz CT molecular complexity index is 360. The van der Waals surface area contributed by atoms with Crippen LogP contribution in [0.25, 0.3) is 0 Å². The number of nitrogens with two attached hydrogens (primary N) is 1. The van der Waals surface area contributed by atoms with Gasteiger partial charge in [-0.25, -0.2) is 0 Å². The molecule has 94 valence electrons. The van der Waals surface area contributed by atoms with E-state index in [1.54, 1.807) is 0 Å². The van der Waals surface area contributed by atoms with Crippen LogP contribution in [0.15, 0.2) is 24.3 Å². The number of nitrogens with zero attached hydrogens (tertiary/aromatic N) is 1. The zero-order chi connectivity index (χ0) is 12.3. The lowest BCUT2D eigenvalue weighted by molar-refractivity contribution is 0.296. The van der Waals surface area contributed by atoms with E-state index in [2.05, 4.69) is 43.0 Å². The molecule has 1 fully saturated rings. The summed E-state index contributed by atoms with van der Waals surface area (Å²) in [5, 5.41) is 0. The maximum absolute atomic E-state index is 5.78. The highest BCUT2D eigenvalue weighted by Gasteiger charge is 2.24. The van der Waals surface area contributed by atoms with Gasteiger partial charge in [-0.15, -0.1) is 0 Å². The highest BCUT2D eigenvalue weighted by molar-refractivity contribution is 5.26. The summed E-state index contributed by atoms with van der Waals surface area (Å²) >= 11 is 0. The van der Waals surface area contributed by atoms with Gasteiger partial charge in [0, 0.05) is 19.6 Å². The van der Waals surface area contributed by atoms with E-state index in [0.717, 1.165) is 18.4 Å². The molecule has 0 aliphatic carbocycles. The van der Waals surface area contributed by atoms with Gasteiger partial charge in [0.15, 0.2) is 0 Å². The van der Waals surface area contributed by atoms with E-state index < -0.39 is 0 Å². The Balaban J connectivity index is 1.98. The molecule has 2 heteroatoms. The Labute approximate surface area is 105 Å². The third kappa shape index (κ3) is 3.08. The van der Waals surface area contributed by atoms with Gasteiger partial charge >= 0.3 is 0 Å². The van der Waals surface area contributed by atoms with Crippen LogP contribution in [0.3, 0.4) is 0 Å². The van der Waals surface area contributed by atoms with E-state index in [1.807, 2.05) is 0 Å². The van der Waals surface area contributed by atoms with Crippen LogP contribution in [0.4, 0.5) is 0 Å². The third-order valence-electron chi connectivity index (χ3n) is 3.98. The summed E-state index contributed by atoms with van der Waals surface area (Å²) in [7, 11) is 0. The molecule has 2 N–H and O–H groups in total. The lowest BCUT2D eigenvalue weighted by Crippen LogP contribution is -2.22. The van der Waals surface area contributed by atoms with Crippen molar-refractivity contribution >= 4 is 0 Å². The molecule has 0 radical (unpaired) electrons. The molecule has 0 spiro atoms. The van der Waals surface area contributed by atoms with Crippen LogP contribution in [0.5, 0.6) is 0 Å². The van der Waals surface area contributed by atoms with E-state index in [1.165, 1.54) is 30.6 Å². The van der Waals surface area contributed by atoms with Crippen molar-refractivity contribution in [3.05, 3.63) is 35.4 Å². The van der Waals surface area contributed by atoms with Gasteiger partial charge in [-0.05, 0) is 35.9 Å². The standard InChI is InChI=1S/C15H24N2/c1-12(2)14-7-8-17(10-14)11-15-6-4-3-5-13(15)9-16/h3-6,12,14H,7-11,16H2,1-2H3. The van der Waals surface area contributed by atoms with Crippen LogP contribution < -0.4 is 5.73 Å². The lowest BCUT2D eigenvalue weighted by Gasteiger charge is -2.19. The summed E-state index contributed by atoms with van der Waals surface area (Å²) in [5.41, 5.74) is 8.48. The highest BCUT2D eigenvalue weighted by Crippen LogP contribution is 2.25. The zero-order valence-electron chi connectivity index (χ0n) is 11.0. The van der Waals surface area contributed by atoms with Gasteiger partial charge in [-0.2, -0.15) is 0 Å². The second-order valence-electron chi connectivity index (χ2n) is 5.50. The first-order valence-electron chi connectivity index (χ1n) is 6.70. The van der Waals surface area contributed by atoms with E-state index in [4.69, 9.17) is 5.73 Å². The predicted molar refractivity (Wildman–Crippen MR) is 72.6 cm³/mol. The van der Waals surface area contributed by atoms with Crippen molar-refractivity contribution in [2.75, 3.05) is 13.1 Å². The minimum Gasteiger partial charge on any atom is -0.326 e. The van der Waals surface area contributed by atoms with Crippen molar-refractivity contribution in [3.63, 3.8) is 0 Å². The average Bonchev–Trinajstić information content (AvgIpc) is 2.78. The molecule has 2 rings (SSSR count). The molecule has 0 saturated carbocycles. The fraction of sp³-hybridized carbons (Fsp3) is 0.600. The summed E-state index contributed by atoms with van der Waals surface area (Å²) in [6.45, 7) is 8.87. The van der Waals surface area contributed by atoms with Gasteiger partial charge in [-0.3, -0.25) is 4.90 Å². The van der Waals surface area contributed by atoms with E-state index in [-0.39, 0.29) is 0 Å². The van der Waals surface area contributed by atoms with Crippen molar-refractivity contribution < 1.29 is 0 Å². The van der Waals surface area contributed by atoms with Crippen LogP contribution >= 0.6 is 0 Å². The van der Waals surface area contributed by atoms with Gasteiger partial charge in [0.2, 0.25) is 0 Å². The fourth-order valence-corrected chi connectivity index (χ4v) is 2.70. The summed E-state index contributed by atoms with van der Waals surface area (Å²) in [5.74, 6) is 1.68. The van der Waals surface area contributed by atoms with Crippen LogP contribution in [0.1, 0.15) is 31.4 Å².